The molecule has 0 aromatic heterocycles. The van der Waals surface area contributed by atoms with E-state index in [0.29, 0.717) is 32.2 Å². The second-order valence-corrected chi connectivity index (χ2v) is 7.07. The Labute approximate surface area is 166 Å². The minimum Gasteiger partial charge on any atom is -0.480 e. The molecule has 152 valence electrons. The lowest BCUT2D eigenvalue weighted by Crippen LogP contribution is -2.39. The molecule has 28 heavy (non-hydrogen) atoms. The van der Waals surface area contributed by atoms with Crippen molar-refractivity contribution in [1.82, 2.24) is 4.90 Å². The summed E-state index contributed by atoms with van der Waals surface area (Å²) in [5.74, 6) is -0.689. The Morgan fingerprint density at radius 2 is 1.96 bits per heavy atom. The maximum atomic E-state index is 12.5. The van der Waals surface area contributed by atoms with E-state index in [1.54, 1.807) is 6.08 Å². The maximum absolute atomic E-state index is 12.5. The molecule has 1 amide bonds. The Balaban J connectivity index is 1.84. The van der Waals surface area contributed by atoms with E-state index < -0.39 is 5.97 Å². The Morgan fingerprint density at radius 3 is 2.71 bits per heavy atom. The second kappa shape index (κ2) is 12.1. The number of carboxylic acids is 1. The van der Waals surface area contributed by atoms with Gasteiger partial charge < -0.3 is 14.7 Å². The van der Waals surface area contributed by atoms with Crippen LogP contribution >= 0.6 is 0 Å². The van der Waals surface area contributed by atoms with Gasteiger partial charge >= 0.3 is 5.97 Å². The van der Waals surface area contributed by atoms with Crippen LogP contribution in [0.15, 0.2) is 42.5 Å². The molecule has 1 aliphatic heterocycles. The molecule has 0 unspecified atom stereocenters. The number of ether oxygens (including phenoxy) is 1. The van der Waals surface area contributed by atoms with Gasteiger partial charge in [-0.2, -0.15) is 0 Å². The molecule has 0 bridgehead atoms. The third-order valence-electron chi connectivity index (χ3n) is 4.85. The number of hydrogen-bond acceptors (Lipinski definition) is 4. The van der Waals surface area contributed by atoms with Crippen LogP contribution in [0.5, 0.6) is 0 Å². The van der Waals surface area contributed by atoms with Crippen LogP contribution in [0.25, 0.3) is 0 Å². The van der Waals surface area contributed by atoms with E-state index in [-0.39, 0.29) is 30.9 Å². The molecule has 0 radical (unpaired) electrons. The fraction of sp³-hybridized carbons (Fsp3) is 0.500. The first-order valence-electron chi connectivity index (χ1n) is 9.86. The molecule has 6 nitrogen and oxygen atoms in total. The highest BCUT2D eigenvalue weighted by Gasteiger charge is 2.25. The normalized spacial score (nSPS) is 17.6. The van der Waals surface area contributed by atoms with Crippen molar-refractivity contribution in [3.8, 4) is 0 Å². The highest BCUT2D eigenvalue weighted by atomic mass is 16.5. The monoisotopic (exact) mass is 387 g/mol. The fourth-order valence-electron chi connectivity index (χ4n) is 3.42. The summed E-state index contributed by atoms with van der Waals surface area (Å²) in [5, 5.41) is 8.54. The van der Waals surface area contributed by atoms with E-state index in [1.165, 1.54) is 0 Å². The number of likely N-dealkylation sites (tertiary alicyclic amines) is 1. The molecule has 0 spiro atoms. The van der Waals surface area contributed by atoms with Gasteiger partial charge in [0.2, 0.25) is 5.91 Å². The van der Waals surface area contributed by atoms with E-state index in [9.17, 15) is 14.4 Å². The van der Waals surface area contributed by atoms with Gasteiger partial charge in [0.05, 0.1) is 6.61 Å². The van der Waals surface area contributed by atoms with Gasteiger partial charge in [0, 0.05) is 31.8 Å². The van der Waals surface area contributed by atoms with Crippen molar-refractivity contribution in [2.45, 2.75) is 51.0 Å². The number of ketones is 1. The zero-order valence-electron chi connectivity index (χ0n) is 16.2. The van der Waals surface area contributed by atoms with Gasteiger partial charge in [-0.3, -0.25) is 9.59 Å². The lowest BCUT2D eigenvalue weighted by molar-refractivity contribution is -0.141. The lowest BCUT2D eigenvalue weighted by Gasteiger charge is -2.29. The smallest absolute Gasteiger partial charge is 0.329 e. The van der Waals surface area contributed by atoms with Gasteiger partial charge in [-0.1, -0.05) is 48.9 Å². The minimum absolute atomic E-state index is 0.0688. The van der Waals surface area contributed by atoms with Crippen LogP contribution in [-0.4, -0.2) is 53.5 Å². The summed E-state index contributed by atoms with van der Waals surface area (Å²) in [7, 11) is 0. The number of carbonyl (C=O) groups is 3. The van der Waals surface area contributed by atoms with E-state index in [2.05, 4.69) is 0 Å². The van der Waals surface area contributed by atoms with E-state index >= 15 is 0 Å². The van der Waals surface area contributed by atoms with Crippen LogP contribution in [-0.2, 0) is 25.5 Å². The predicted octanol–water partition coefficient (Wildman–Crippen LogP) is 3.01. The Hall–Kier alpha value is -2.47. The summed E-state index contributed by atoms with van der Waals surface area (Å²) in [6.45, 7) is 0.334. The van der Waals surface area contributed by atoms with E-state index in [0.717, 1.165) is 24.8 Å². The molecule has 0 saturated carbocycles. The number of Topliss-reactive ketones (excluding diaryl/α,β-unsaturated/α-hetero) is 1. The highest BCUT2D eigenvalue weighted by molar-refractivity contribution is 5.81. The average molecular weight is 387 g/mol. The highest BCUT2D eigenvalue weighted by Crippen LogP contribution is 2.22. The molecule has 6 heteroatoms. The summed E-state index contributed by atoms with van der Waals surface area (Å²) < 4.78 is 4.96. The predicted molar refractivity (Wildman–Crippen MR) is 106 cm³/mol. The van der Waals surface area contributed by atoms with Crippen molar-refractivity contribution in [3.05, 3.63) is 48.0 Å². The first-order valence-corrected chi connectivity index (χ1v) is 9.86. The molecule has 0 aliphatic carbocycles. The van der Waals surface area contributed by atoms with Crippen LogP contribution < -0.4 is 0 Å². The zero-order valence-corrected chi connectivity index (χ0v) is 16.2. The fourth-order valence-corrected chi connectivity index (χ4v) is 3.42. The minimum atomic E-state index is -1.00. The Bertz CT molecular complexity index is 671. The van der Waals surface area contributed by atoms with Crippen molar-refractivity contribution in [1.29, 1.82) is 0 Å². The van der Waals surface area contributed by atoms with Crippen molar-refractivity contribution in [2.75, 3.05) is 19.8 Å². The summed E-state index contributed by atoms with van der Waals surface area (Å²) in [6, 6.07) is 9.78. The van der Waals surface area contributed by atoms with Crippen LogP contribution in [0.1, 0.15) is 44.1 Å². The maximum Gasteiger partial charge on any atom is 0.329 e. The van der Waals surface area contributed by atoms with Gasteiger partial charge in [0.1, 0.15) is 12.4 Å². The Kier molecular flexibility index (Phi) is 9.42. The van der Waals surface area contributed by atoms with Crippen molar-refractivity contribution < 1.29 is 24.2 Å². The first-order chi connectivity index (χ1) is 13.6. The average Bonchev–Trinajstić information content (AvgIpc) is 2.85. The summed E-state index contributed by atoms with van der Waals surface area (Å²) in [6.07, 6.45) is 8.48. The topological polar surface area (TPSA) is 83.9 Å². The first kappa shape index (κ1) is 21.8. The molecule has 1 atom stereocenters. The third kappa shape index (κ3) is 8.05. The van der Waals surface area contributed by atoms with Crippen LogP contribution in [0.3, 0.4) is 0 Å². The molecule has 1 saturated heterocycles. The van der Waals surface area contributed by atoms with Crippen molar-refractivity contribution in [2.24, 2.45) is 0 Å². The van der Waals surface area contributed by atoms with E-state index in [1.807, 2.05) is 41.3 Å². The number of hydrogen-bond donors (Lipinski definition) is 1. The van der Waals surface area contributed by atoms with Gasteiger partial charge in [0.15, 0.2) is 0 Å². The van der Waals surface area contributed by atoms with Crippen molar-refractivity contribution >= 4 is 17.7 Å². The number of carbonyl (C=O) groups excluding carboxylic acids is 2. The summed E-state index contributed by atoms with van der Waals surface area (Å²) >= 11 is 0. The number of rotatable bonds is 11. The molecule has 1 N–H and O–H groups in total. The third-order valence-corrected chi connectivity index (χ3v) is 4.85. The molecule has 1 heterocycles. The molecular formula is C22H29NO5. The van der Waals surface area contributed by atoms with Crippen molar-refractivity contribution in [3.63, 3.8) is 0 Å². The molecule has 1 aromatic carbocycles. The molecule has 1 fully saturated rings. The van der Waals surface area contributed by atoms with Gasteiger partial charge in [-0.15, -0.1) is 0 Å². The molecule has 1 aromatic rings. The quantitative estimate of drug-likeness (QED) is 0.466. The second-order valence-electron chi connectivity index (χ2n) is 7.07. The molecule has 1 aliphatic rings. The van der Waals surface area contributed by atoms with Crippen LogP contribution in [0, 0.1) is 0 Å². The van der Waals surface area contributed by atoms with Crippen LogP contribution in [0.4, 0.5) is 0 Å². The number of carboxylic acid groups (broad SMARTS) is 1. The number of benzene rings is 1. The van der Waals surface area contributed by atoms with Crippen LogP contribution in [0.2, 0.25) is 0 Å². The largest absolute Gasteiger partial charge is 0.480 e. The van der Waals surface area contributed by atoms with E-state index in [4.69, 9.17) is 9.84 Å². The summed E-state index contributed by atoms with van der Waals surface area (Å²) in [5.41, 5.74) is 1.02. The summed E-state index contributed by atoms with van der Waals surface area (Å²) in [4.78, 5) is 37.1. The number of nitrogens with zero attached hydrogens (tertiary/aromatic N) is 1. The van der Waals surface area contributed by atoms with Gasteiger partial charge in [-0.05, 0) is 24.8 Å². The number of amides is 1. The Morgan fingerprint density at radius 1 is 1.18 bits per heavy atom. The SMILES string of the molecule is O=C(O)COC/C=C\CN1C(=O)CCCC[C@@H]1CCC(=O)Cc1ccccc1. The van der Waals surface area contributed by atoms with Gasteiger partial charge in [0.25, 0.3) is 0 Å². The number of aliphatic carboxylic acids is 1. The lowest BCUT2D eigenvalue weighted by atomic mass is 9.99. The molecule has 2 rings (SSSR count). The molecular weight excluding hydrogens is 358 g/mol. The zero-order chi connectivity index (χ0) is 20.2. The van der Waals surface area contributed by atoms with Gasteiger partial charge in [-0.25, -0.2) is 4.79 Å². The standard InChI is InChI=1S/C22H29NO5/c24-20(16-18-8-2-1-3-9-18)13-12-19-10-4-5-11-21(25)23(19)14-6-7-15-28-17-22(26)27/h1-3,6-9,19H,4-5,10-17H2,(H,26,27)/b7-6-/t19-/m1/s1.